The molecule has 0 atom stereocenters. The van der Waals surface area contributed by atoms with E-state index in [0.717, 1.165) is 0 Å². The van der Waals surface area contributed by atoms with E-state index in [-0.39, 0.29) is 11.6 Å². The van der Waals surface area contributed by atoms with Crippen LogP contribution in [0.2, 0.25) is 0 Å². The first-order valence-electron chi connectivity index (χ1n) is 5.65. The van der Waals surface area contributed by atoms with Crippen LogP contribution in [0.25, 0.3) is 0 Å². The van der Waals surface area contributed by atoms with E-state index >= 15 is 0 Å². The highest BCUT2D eigenvalue weighted by atomic mass is 16.6. The van der Waals surface area contributed by atoms with Gasteiger partial charge in [-0.25, -0.2) is 5.43 Å². The van der Waals surface area contributed by atoms with Gasteiger partial charge < -0.3 is 4.48 Å². The van der Waals surface area contributed by atoms with Crippen LogP contribution >= 0.6 is 0 Å². The van der Waals surface area contributed by atoms with Crippen LogP contribution in [0.15, 0.2) is 29.4 Å². The van der Waals surface area contributed by atoms with Gasteiger partial charge in [-0.2, -0.15) is 5.10 Å². The molecular formula is C12H17N4O3+. The Morgan fingerprint density at radius 2 is 1.95 bits per heavy atom. The molecule has 1 amide bonds. The Bertz CT molecular complexity index is 489. The van der Waals surface area contributed by atoms with E-state index in [4.69, 9.17) is 0 Å². The number of hydrogen-bond donors (Lipinski definition) is 1. The molecule has 0 aromatic heterocycles. The summed E-state index contributed by atoms with van der Waals surface area (Å²) in [6, 6.07) is 5.89. The van der Waals surface area contributed by atoms with E-state index in [1.165, 1.54) is 18.3 Å². The second kappa shape index (κ2) is 6.05. The molecular weight excluding hydrogens is 248 g/mol. The lowest BCUT2D eigenvalue weighted by atomic mass is 10.2. The Morgan fingerprint density at radius 1 is 1.37 bits per heavy atom. The molecule has 19 heavy (non-hydrogen) atoms. The molecule has 0 unspecified atom stereocenters. The molecule has 0 aliphatic carbocycles. The first-order valence-corrected chi connectivity index (χ1v) is 5.65. The van der Waals surface area contributed by atoms with Crippen molar-refractivity contribution in [3.05, 3.63) is 39.9 Å². The number of amides is 1. The van der Waals surface area contributed by atoms with Crippen LogP contribution in [0.5, 0.6) is 0 Å². The zero-order valence-corrected chi connectivity index (χ0v) is 11.2. The third-order valence-corrected chi connectivity index (χ3v) is 2.12. The van der Waals surface area contributed by atoms with Crippen LogP contribution in [0, 0.1) is 10.1 Å². The summed E-state index contributed by atoms with van der Waals surface area (Å²) >= 11 is 0. The second-order valence-corrected chi connectivity index (χ2v) is 5.09. The first kappa shape index (κ1) is 14.8. The summed E-state index contributed by atoms with van der Waals surface area (Å²) in [5.41, 5.74) is 3.10. The largest absolute Gasteiger partial charge is 0.323 e. The lowest BCUT2D eigenvalue weighted by Crippen LogP contribution is -2.43. The van der Waals surface area contributed by atoms with Crippen LogP contribution in [-0.2, 0) is 4.79 Å². The van der Waals surface area contributed by atoms with Gasteiger partial charge in [0.2, 0.25) is 0 Å². The summed E-state index contributed by atoms with van der Waals surface area (Å²) in [5, 5.41) is 14.3. The highest BCUT2D eigenvalue weighted by molar-refractivity contribution is 5.82. The van der Waals surface area contributed by atoms with Crippen LogP contribution < -0.4 is 5.43 Å². The second-order valence-electron chi connectivity index (χ2n) is 5.09. The van der Waals surface area contributed by atoms with Gasteiger partial charge in [-0.15, -0.1) is 0 Å². The normalized spacial score (nSPS) is 11.5. The smallest absolute Gasteiger partial charge is 0.295 e. The van der Waals surface area contributed by atoms with E-state index in [9.17, 15) is 14.9 Å². The molecule has 0 spiro atoms. The van der Waals surface area contributed by atoms with Gasteiger partial charge in [0.05, 0.1) is 32.3 Å². The number of carbonyl (C=O) groups excluding carboxylic acids is 1. The lowest BCUT2D eigenvalue weighted by molar-refractivity contribution is -0.862. The molecule has 1 N–H and O–H groups in total. The Morgan fingerprint density at radius 3 is 2.42 bits per heavy atom. The van der Waals surface area contributed by atoms with Crippen LogP contribution in [0.3, 0.4) is 0 Å². The van der Waals surface area contributed by atoms with Crippen molar-refractivity contribution in [1.29, 1.82) is 0 Å². The van der Waals surface area contributed by atoms with Gasteiger partial charge >= 0.3 is 0 Å². The topological polar surface area (TPSA) is 84.6 Å². The van der Waals surface area contributed by atoms with E-state index in [1.54, 1.807) is 12.1 Å². The summed E-state index contributed by atoms with van der Waals surface area (Å²) in [5.74, 6) is -0.189. The number of hydrogen-bond acceptors (Lipinski definition) is 4. The average molecular weight is 265 g/mol. The number of hydrazone groups is 1. The van der Waals surface area contributed by atoms with Gasteiger partial charge in [-0.1, -0.05) is 0 Å². The molecule has 1 rings (SSSR count). The number of nitro benzene ring substituents is 1. The average Bonchev–Trinajstić information content (AvgIpc) is 2.27. The molecule has 0 aliphatic rings. The molecule has 0 saturated carbocycles. The number of benzene rings is 1. The lowest BCUT2D eigenvalue weighted by Gasteiger charge is -2.21. The molecule has 0 saturated heterocycles. The Labute approximate surface area is 111 Å². The molecule has 0 heterocycles. The fourth-order valence-electron chi connectivity index (χ4n) is 1.33. The van der Waals surface area contributed by atoms with Crippen LogP contribution in [-0.4, -0.2) is 49.2 Å². The van der Waals surface area contributed by atoms with Crippen molar-refractivity contribution in [3.63, 3.8) is 0 Å². The predicted molar refractivity (Wildman–Crippen MR) is 71.7 cm³/mol. The van der Waals surface area contributed by atoms with Crippen molar-refractivity contribution < 1.29 is 14.2 Å². The zero-order valence-electron chi connectivity index (χ0n) is 11.2. The minimum Gasteiger partial charge on any atom is -0.323 e. The van der Waals surface area contributed by atoms with E-state index in [1.807, 2.05) is 21.1 Å². The Balaban J connectivity index is 2.53. The summed E-state index contributed by atoms with van der Waals surface area (Å²) in [4.78, 5) is 21.5. The van der Waals surface area contributed by atoms with Crippen molar-refractivity contribution >= 4 is 17.8 Å². The summed E-state index contributed by atoms with van der Waals surface area (Å²) < 4.78 is 0.513. The number of likely N-dealkylation sites (N-methyl/N-ethyl adjacent to an activating group) is 1. The summed E-state index contributed by atoms with van der Waals surface area (Å²) in [6.07, 6.45) is 1.44. The highest BCUT2D eigenvalue weighted by Gasteiger charge is 2.13. The molecule has 0 fully saturated rings. The zero-order chi connectivity index (χ0) is 14.5. The predicted octanol–water partition coefficient (Wildman–Crippen LogP) is 0.751. The third-order valence-electron chi connectivity index (χ3n) is 2.12. The number of rotatable bonds is 5. The Kier molecular flexibility index (Phi) is 4.71. The molecule has 0 bridgehead atoms. The van der Waals surface area contributed by atoms with E-state index < -0.39 is 4.92 Å². The third kappa shape index (κ3) is 5.73. The molecule has 0 aliphatic heterocycles. The molecule has 1 aromatic carbocycles. The van der Waals surface area contributed by atoms with Crippen LogP contribution in [0.1, 0.15) is 5.56 Å². The summed E-state index contributed by atoms with van der Waals surface area (Å²) in [7, 11) is 5.71. The molecule has 102 valence electrons. The van der Waals surface area contributed by atoms with Crippen molar-refractivity contribution in [2.75, 3.05) is 27.7 Å². The van der Waals surface area contributed by atoms with Gasteiger partial charge in [0.1, 0.15) is 0 Å². The van der Waals surface area contributed by atoms with Crippen molar-refractivity contribution in [2.45, 2.75) is 0 Å². The first-order chi connectivity index (χ1) is 8.78. The maximum atomic E-state index is 11.5. The fraction of sp³-hybridized carbons (Fsp3) is 0.333. The Hall–Kier alpha value is -2.28. The number of nitrogens with zero attached hydrogens (tertiary/aromatic N) is 3. The molecule has 7 nitrogen and oxygen atoms in total. The minimum atomic E-state index is -0.468. The van der Waals surface area contributed by atoms with Crippen molar-refractivity contribution in [3.8, 4) is 0 Å². The molecule has 1 aromatic rings. The fourth-order valence-corrected chi connectivity index (χ4v) is 1.33. The SMILES string of the molecule is C[N+](C)(C)CC(=O)N/N=C\c1ccc([N+](=O)[O-])cc1. The van der Waals surface area contributed by atoms with E-state index in [2.05, 4.69) is 10.5 Å². The molecule has 0 radical (unpaired) electrons. The van der Waals surface area contributed by atoms with Gasteiger partial charge in [-0.05, 0) is 17.7 Å². The van der Waals surface area contributed by atoms with Gasteiger partial charge in [0, 0.05) is 12.1 Å². The van der Waals surface area contributed by atoms with Gasteiger partial charge in [-0.3, -0.25) is 14.9 Å². The number of quaternary nitrogens is 1. The highest BCUT2D eigenvalue weighted by Crippen LogP contribution is 2.10. The number of nitro groups is 1. The van der Waals surface area contributed by atoms with E-state index in [0.29, 0.717) is 16.6 Å². The maximum absolute atomic E-state index is 11.5. The molecule has 7 heteroatoms. The van der Waals surface area contributed by atoms with Gasteiger partial charge in [0.25, 0.3) is 11.6 Å². The van der Waals surface area contributed by atoms with Crippen LogP contribution in [0.4, 0.5) is 5.69 Å². The number of carbonyl (C=O) groups is 1. The van der Waals surface area contributed by atoms with Crippen molar-refractivity contribution in [1.82, 2.24) is 5.43 Å². The quantitative estimate of drug-likeness (QED) is 0.369. The minimum absolute atomic E-state index is 0.0196. The van der Waals surface area contributed by atoms with Crippen molar-refractivity contribution in [2.24, 2.45) is 5.10 Å². The van der Waals surface area contributed by atoms with Gasteiger partial charge in [0.15, 0.2) is 6.54 Å². The monoisotopic (exact) mass is 265 g/mol. The maximum Gasteiger partial charge on any atom is 0.295 e. The number of non-ortho nitro benzene ring substituents is 1. The standard InChI is InChI=1S/C12H16N4O3/c1-16(2,3)9-12(17)14-13-8-10-4-6-11(7-5-10)15(18)19/h4-8H,9H2,1-3H3/p+1/b13-8-. The summed E-state index contributed by atoms with van der Waals surface area (Å²) in [6.45, 7) is 0.317. The number of nitrogens with one attached hydrogen (secondary N) is 1.